The van der Waals surface area contributed by atoms with E-state index in [1.807, 2.05) is 0 Å². The predicted octanol–water partition coefficient (Wildman–Crippen LogP) is 1.19. The second kappa shape index (κ2) is 6.81. The molecule has 1 saturated heterocycles. The Balaban J connectivity index is 2.55. The van der Waals surface area contributed by atoms with Crippen molar-refractivity contribution in [3.63, 3.8) is 0 Å². The number of carboxylic acid groups (broad SMARTS) is 1. The fourth-order valence-corrected chi connectivity index (χ4v) is 4.76. The molecule has 1 aromatic carbocycles. The van der Waals surface area contributed by atoms with E-state index in [1.54, 1.807) is 0 Å². The monoisotopic (exact) mass is 390 g/mol. The predicted molar refractivity (Wildman–Crippen MR) is 90.5 cm³/mol. The highest BCUT2D eigenvalue weighted by Gasteiger charge is 2.45. The normalized spacial score (nSPS) is 21.1. The number of hydrogen-bond donors (Lipinski definition) is 2. The number of benzene rings is 1. The number of amides is 1. The lowest BCUT2D eigenvalue weighted by molar-refractivity contribution is -0.146. The van der Waals surface area contributed by atoms with Crippen LogP contribution in [0.4, 0.5) is 0 Å². The molecule has 0 saturated carbocycles. The van der Waals surface area contributed by atoms with Gasteiger partial charge in [-0.25, -0.2) is 8.42 Å². The highest BCUT2D eigenvalue weighted by molar-refractivity contribution is 7.89. The van der Waals surface area contributed by atoms with Crippen molar-refractivity contribution in [3.8, 4) is 5.75 Å². The van der Waals surface area contributed by atoms with Gasteiger partial charge in [-0.2, -0.15) is 4.31 Å². The van der Waals surface area contributed by atoms with Gasteiger partial charge in [-0.05, 0) is 25.5 Å². The van der Waals surface area contributed by atoms with Crippen LogP contribution in [0.3, 0.4) is 0 Å². The summed E-state index contributed by atoms with van der Waals surface area (Å²) in [5, 5.41) is 11.7. The summed E-state index contributed by atoms with van der Waals surface area (Å²) < 4.78 is 32.2. The van der Waals surface area contributed by atoms with Crippen LogP contribution >= 0.6 is 11.6 Å². The van der Waals surface area contributed by atoms with Gasteiger partial charge in [0.15, 0.2) is 5.75 Å². The molecule has 1 aliphatic heterocycles. The van der Waals surface area contributed by atoms with E-state index in [9.17, 15) is 23.1 Å². The van der Waals surface area contributed by atoms with E-state index in [2.05, 4.69) is 5.32 Å². The Hall–Kier alpha value is -1.84. The van der Waals surface area contributed by atoms with Crippen molar-refractivity contribution in [1.82, 2.24) is 9.62 Å². The molecule has 8 nitrogen and oxygen atoms in total. The smallest absolute Gasteiger partial charge is 0.310 e. The van der Waals surface area contributed by atoms with E-state index in [4.69, 9.17) is 16.3 Å². The Kier molecular flexibility index (Phi) is 5.31. The van der Waals surface area contributed by atoms with Gasteiger partial charge < -0.3 is 15.2 Å². The van der Waals surface area contributed by atoms with E-state index in [-0.39, 0.29) is 40.7 Å². The van der Waals surface area contributed by atoms with Crippen LogP contribution in [-0.2, 0) is 14.8 Å². The number of carbonyl (C=O) groups excluding carboxylic acids is 1. The van der Waals surface area contributed by atoms with Gasteiger partial charge in [0.1, 0.15) is 4.90 Å². The second-order valence-corrected chi connectivity index (χ2v) is 8.36. The van der Waals surface area contributed by atoms with Gasteiger partial charge in [0.2, 0.25) is 10.0 Å². The van der Waals surface area contributed by atoms with Gasteiger partial charge in [-0.1, -0.05) is 11.6 Å². The zero-order valence-electron chi connectivity index (χ0n) is 14.0. The maximum absolute atomic E-state index is 13.0. The van der Waals surface area contributed by atoms with Gasteiger partial charge >= 0.3 is 5.97 Å². The Bertz CT molecular complexity index is 826. The molecule has 0 aromatic heterocycles. The molecule has 10 heteroatoms. The Labute approximate surface area is 150 Å². The third-order valence-corrected chi connectivity index (χ3v) is 6.34. The molecule has 0 spiro atoms. The second-order valence-electron chi connectivity index (χ2n) is 6.02. The van der Waals surface area contributed by atoms with Crippen LogP contribution in [0.1, 0.15) is 23.7 Å². The Morgan fingerprint density at radius 2 is 2.04 bits per heavy atom. The minimum absolute atomic E-state index is 0.0173. The summed E-state index contributed by atoms with van der Waals surface area (Å²) >= 11 is 5.99. The molecule has 1 aliphatic rings. The molecule has 1 amide bonds. The zero-order chi connectivity index (χ0) is 19.0. The Morgan fingerprint density at radius 3 is 2.52 bits per heavy atom. The zero-order valence-corrected chi connectivity index (χ0v) is 15.6. The number of carboxylic acids is 1. The first-order valence-electron chi connectivity index (χ1n) is 7.40. The van der Waals surface area contributed by atoms with E-state index in [0.717, 1.165) is 4.31 Å². The molecule has 1 atom stereocenters. The average Bonchev–Trinajstić information content (AvgIpc) is 2.98. The van der Waals surface area contributed by atoms with Crippen LogP contribution in [0.25, 0.3) is 0 Å². The van der Waals surface area contributed by atoms with Gasteiger partial charge in [0, 0.05) is 25.2 Å². The van der Waals surface area contributed by atoms with Crippen LogP contribution in [-0.4, -0.2) is 57.0 Å². The lowest BCUT2D eigenvalue weighted by atomic mass is 9.90. The van der Waals surface area contributed by atoms with Crippen molar-refractivity contribution < 1.29 is 27.9 Å². The molecule has 0 aliphatic carbocycles. The van der Waals surface area contributed by atoms with Gasteiger partial charge in [-0.3, -0.25) is 9.59 Å². The van der Waals surface area contributed by atoms with Crippen molar-refractivity contribution >= 4 is 33.5 Å². The number of nitrogens with zero attached hydrogens (tertiary/aromatic N) is 1. The molecular formula is C15H19ClN2O6S. The van der Waals surface area contributed by atoms with Crippen LogP contribution in [0.15, 0.2) is 17.0 Å². The van der Waals surface area contributed by atoms with E-state index in [1.165, 1.54) is 33.2 Å². The topological polar surface area (TPSA) is 113 Å². The number of halogens is 1. The summed E-state index contributed by atoms with van der Waals surface area (Å²) in [5.41, 5.74) is -1.18. The van der Waals surface area contributed by atoms with Gasteiger partial charge in [0.25, 0.3) is 5.91 Å². The van der Waals surface area contributed by atoms with Gasteiger partial charge in [0.05, 0.1) is 18.1 Å². The SMILES string of the molecule is CNC(=O)c1cc(Cl)cc(S(=O)(=O)N2CCC(C)(C(=O)O)C2)c1OC. The summed E-state index contributed by atoms with van der Waals surface area (Å²) in [5.74, 6) is -1.74. The first-order chi connectivity index (χ1) is 11.6. The van der Waals surface area contributed by atoms with Crippen LogP contribution in [0.5, 0.6) is 5.75 Å². The van der Waals surface area contributed by atoms with Gasteiger partial charge in [-0.15, -0.1) is 0 Å². The molecule has 1 aromatic rings. The summed E-state index contributed by atoms with van der Waals surface area (Å²) in [6.45, 7) is 1.38. The highest BCUT2D eigenvalue weighted by atomic mass is 35.5. The number of sulfonamides is 1. The number of hydrogen-bond acceptors (Lipinski definition) is 5. The summed E-state index contributed by atoms with van der Waals surface area (Å²) in [6.07, 6.45) is 0.187. The maximum Gasteiger partial charge on any atom is 0.310 e. The van der Waals surface area contributed by atoms with Crippen LogP contribution < -0.4 is 10.1 Å². The van der Waals surface area contributed by atoms with Crippen molar-refractivity contribution in [1.29, 1.82) is 0 Å². The molecule has 138 valence electrons. The molecule has 2 N–H and O–H groups in total. The van der Waals surface area contributed by atoms with Crippen LogP contribution in [0.2, 0.25) is 5.02 Å². The molecular weight excluding hydrogens is 372 g/mol. The average molecular weight is 391 g/mol. The Morgan fingerprint density at radius 1 is 1.40 bits per heavy atom. The fourth-order valence-electron chi connectivity index (χ4n) is 2.71. The first-order valence-corrected chi connectivity index (χ1v) is 9.22. The van der Waals surface area contributed by atoms with Crippen molar-refractivity contribution in [2.45, 2.75) is 18.2 Å². The van der Waals surface area contributed by atoms with Crippen molar-refractivity contribution in [2.75, 3.05) is 27.2 Å². The summed E-state index contributed by atoms with van der Waals surface area (Å²) in [7, 11) is -1.44. The van der Waals surface area contributed by atoms with E-state index >= 15 is 0 Å². The van der Waals surface area contributed by atoms with Crippen molar-refractivity contribution in [3.05, 3.63) is 22.7 Å². The molecule has 1 unspecified atom stereocenters. The number of nitrogens with one attached hydrogen (secondary N) is 1. The fraction of sp³-hybridized carbons (Fsp3) is 0.467. The number of methoxy groups -OCH3 is 1. The number of carbonyl (C=O) groups is 2. The molecule has 0 radical (unpaired) electrons. The maximum atomic E-state index is 13.0. The third kappa shape index (κ3) is 3.44. The molecule has 1 fully saturated rings. The van der Waals surface area contributed by atoms with Crippen molar-refractivity contribution in [2.24, 2.45) is 5.41 Å². The van der Waals surface area contributed by atoms with E-state index in [0.29, 0.717) is 0 Å². The lowest BCUT2D eigenvalue weighted by Crippen LogP contribution is -2.35. The third-order valence-electron chi connectivity index (χ3n) is 4.27. The largest absolute Gasteiger partial charge is 0.494 e. The number of ether oxygens (including phenoxy) is 1. The minimum atomic E-state index is -4.09. The number of rotatable bonds is 5. The molecule has 0 bridgehead atoms. The lowest BCUT2D eigenvalue weighted by Gasteiger charge is -2.22. The standard InChI is InChI=1S/C15H19ClN2O6S/c1-15(14(20)21)4-5-18(8-15)25(22,23)11-7-9(16)6-10(12(11)24-3)13(19)17-2/h6-7H,4-5,8H2,1-3H3,(H,17,19)(H,20,21). The molecule has 25 heavy (non-hydrogen) atoms. The summed E-state index contributed by atoms with van der Waals surface area (Å²) in [4.78, 5) is 23.1. The first kappa shape index (κ1) is 19.5. The highest BCUT2D eigenvalue weighted by Crippen LogP contribution is 2.38. The quantitative estimate of drug-likeness (QED) is 0.780. The van der Waals surface area contributed by atoms with E-state index < -0.39 is 27.3 Å². The molecule has 2 rings (SSSR count). The van der Waals surface area contributed by atoms with Crippen LogP contribution in [0, 0.1) is 5.41 Å². The summed E-state index contributed by atoms with van der Waals surface area (Å²) in [6, 6.07) is 2.50. The molecule has 1 heterocycles. The number of aliphatic carboxylic acids is 1. The minimum Gasteiger partial charge on any atom is -0.494 e.